The Balaban J connectivity index is 1.30. The molecule has 0 saturated carbocycles. The van der Waals surface area contributed by atoms with Gasteiger partial charge in [-0.1, -0.05) is 17.7 Å². The molecule has 1 aromatic heterocycles. The third-order valence-corrected chi connectivity index (χ3v) is 6.24. The minimum atomic E-state index is -0.850. The molecule has 3 aromatic rings. The summed E-state index contributed by atoms with van der Waals surface area (Å²) in [6, 6.07) is 9.99. The quantitative estimate of drug-likeness (QED) is 0.578. The summed E-state index contributed by atoms with van der Waals surface area (Å²) in [6.45, 7) is 4.98. The number of aromatic nitrogens is 2. The number of amides is 1. The van der Waals surface area contributed by atoms with E-state index in [1.165, 1.54) is 6.07 Å². The second kappa shape index (κ2) is 9.42. The SMILES string of the molecule is CC1=Cc2c(ccc(Oc3ncnc(Nc4ccc(C(=O)N5CCN(C)CC5)cc4)c3F)c2F)C1. The van der Waals surface area contributed by atoms with Crippen LogP contribution in [0, 0.1) is 11.6 Å². The number of allylic oxidation sites excluding steroid dienone is 1. The van der Waals surface area contributed by atoms with E-state index in [0.717, 1.165) is 30.6 Å². The van der Waals surface area contributed by atoms with Crippen LogP contribution in [0.4, 0.5) is 20.3 Å². The number of ether oxygens (including phenoxy) is 1. The van der Waals surface area contributed by atoms with Crippen molar-refractivity contribution in [1.29, 1.82) is 0 Å². The molecule has 7 nitrogen and oxygen atoms in total. The summed E-state index contributed by atoms with van der Waals surface area (Å²) < 4.78 is 35.4. The van der Waals surface area contributed by atoms with Crippen molar-refractivity contribution in [3.05, 3.63) is 76.6 Å². The van der Waals surface area contributed by atoms with Gasteiger partial charge in [-0.15, -0.1) is 0 Å². The predicted molar refractivity (Wildman–Crippen MR) is 129 cm³/mol. The van der Waals surface area contributed by atoms with Crippen LogP contribution in [0.2, 0.25) is 0 Å². The Morgan fingerprint density at radius 3 is 2.49 bits per heavy atom. The number of hydrogen-bond donors (Lipinski definition) is 1. The molecule has 2 aromatic carbocycles. The lowest BCUT2D eigenvalue weighted by molar-refractivity contribution is 0.0664. The normalized spacial score (nSPS) is 15.5. The highest BCUT2D eigenvalue weighted by Gasteiger charge is 2.22. The summed E-state index contributed by atoms with van der Waals surface area (Å²) in [5.41, 5.74) is 3.47. The Morgan fingerprint density at radius 1 is 1.00 bits per heavy atom. The lowest BCUT2D eigenvalue weighted by Gasteiger charge is -2.32. The zero-order valence-electron chi connectivity index (χ0n) is 19.5. The molecule has 2 heterocycles. The van der Waals surface area contributed by atoms with Crippen molar-refractivity contribution in [3.63, 3.8) is 0 Å². The molecule has 5 rings (SSSR count). The van der Waals surface area contributed by atoms with Crippen LogP contribution in [-0.2, 0) is 6.42 Å². The van der Waals surface area contributed by atoms with Crippen molar-refractivity contribution >= 4 is 23.5 Å². The first-order chi connectivity index (χ1) is 16.9. The maximum absolute atomic E-state index is 15.1. The molecule has 0 atom stereocenters. The first-order valence-electron chi connectivity index (χ1n) is 11.4. The molecule has 180 valence electrons. The number of fused-ring (bicyclic) bond motifs is 1. The van der Waals surface area contributed by atoms with Crippen molar-refractivity contribution in [2.75, 3.05) is 38.5 Å². The Labute approximate surface area is 202 Å². The van der Waals surface area contributed by atoms with Crippen LogP contribution in [0.1, 0.15) is 28.4 Å². The van der Waals surface area contributed by atoms with Crippen LogP contribution in [0.5, 0.6) is 11.6 Å². The van der Waals surface area contributed by atoms with E-state index in [1.54, 1.807) is 36.4 Å². The van der Waals surface area contributed by atoms with E-state index in [1.807, 2.05) is 18.9 Å². The number of nitrogens with zero attached hydrogens (tertiary/aromatic N) is 4. The molecule has 1 amide bonds. The molecule has 1 saturated heterocycles. The smallest absolute Gasteiger partial charge is 0.261 e. The minimum Gasteiger partial charge on any atom is -0.433 e. The second-order valence-electron chi connectivity index (χ2n) is 8.86. The van der Waals surface area contributed by atoms with Crippen LogP contribution in [0.25, 0.3) is 6.08 Å². The fraction of sp³-hybridized carbons (Fsp3) is 0.269. The topological polar surface area (TPSA) is 70.6 Å². The Hall–Kier alpha value is -3.85. The standard InChI is InChI=1S/C26H25F2N5O2/c1-16-13-18-5-8-21(22(27)20(18)14-16)35-25-23(28)24(29-15-30-25)31-19-6-3-17(4-7-19)26(34)33-11-9-32(2)10-12-33/h3-8,14-15H,9-13H2,1-2H3,(H,29,30,31). The van der Waals surface area contributed by atoms with Crippen molar-refractivity contribution in [3.8, 4) is 11.6 Å². The zero-order valence-corrected chi connectivity index (χ0v) is 19.5. The largest absolute Gasteiger partial charge is 0.433 e. The average molecular weight is 478 g/mol. The Bertz CT molecular complexity index is 1300. The molecular formula is C26H25F2N5O2. The van der Waals surface area contributed by atoms with Crippen LogP contribution in [-0.4, -0.2) is 58.9 Å². The van der Waals surface area contributed by atoms with E-state index in [2.05, 4.69) is 20.2 Å². The third-order valence-electron chi connectivity index (χ3n) is 6.24. The van der Waals surface area contributed by atoms with Crippen molar-refractivity contribution < 1.29 is 18.3 Å². The molecule has 9 heteroatoms. The summed E-state index contributed by atoms with van der Waals surface area (Å²) in [5, 5.41) is 2.87. The first-order valence-corrected chi connectivity index (χ1v) is 11.4. The van der Waals surface area contributed by atoms with E-state index < -0.39 is 11.6 Å². The van der Waals surface area contributed by atoms with Crippen molar-refractivity contribution in [1.82, 2.24) is 19.8 Å². The predicted octanol–water partition coefficient (Wildman–Crippen LogP) is 4.64. The highest BCUT2D eigenvalue weighted by atomic mass is 19.1. The summed E-state index contributed by atoms with van der Waals surface area (Å²) in [7, 11) is 2.03. The highest BCUT2D eigenvalue weighted by Crippen LogP contribution is 2.35. The van der Waals surface area contributed by atoms with Gasteiger partial charge in [0.15, 0.2) is 17.4 Å². The molecule has 1 fully saturated rings. The van der Waals surface area contributed by atoms with Crippen molar-refractivity contribution in [2.45, 2.75) is 13.3 Å². The number of nitrogens with one attached hydrogen (secondary N) is 1. The molecule has 0 radical (unpaired) electrons. The van der Waals surface area contributed by atoms with E-state index in [9.17, 15) is 9.18 Å². The highest BCUT2D eigenvalue weighted by molar-refractivity contribution is 5.94. The zero-order chi connectivity index (χ0) is 24.5. The number of halogens is 2. The van der Waals surface area contributed by atoms with E-state index >= 15 is 4.39 Å². The number of carbonyl (C=O) groups is 1. The number of piperazine rings is 1. The van der Waals surface area contributed by atoms with Crippen LogP contribution in [0.3, 0.4) is 0 Å². The second-order valence-corrected chi connectivity index (χ2v) is 8.86. The van der Waals surface area contributed by atoms with E-state index in [4.69, 9.17) is 4.74 Å². The lowest BCUT2D eigenvalue weighted by atomic mass is 10.1. The van der Waals surface area contributed by atoms with Crippen molar-refractivity contribution in [2.24, 2.45) is 0 Å². The number of anilines is 2. The summed E-state index contributed by atoms with van der Waals surface area (Å²) >= 11 is 0. The molecule has 1 N–H and O–H groups in total. The van der Waals surface area contributed by atoms with Gasteiger partial charge in [0.2, 0.25) is 5.82 Å². The number of hydrogen-bond acceptors (Lipinski definition) is 6. The fourth-order valence-electron chi connectivity index (χ4n) is 4.24. The van der Waals surface area contributed by atoms with Gasteiger partial charge in [0.25, 0.3) is 11.8 Å². The van der Waals surface area contributed by atoms with Gasteiger partial charge in [-0.2, -0.15) is 9.37 Å². The summed E-state index contributed by atoms with van der Waals surface area (Å²) in [6.07, 6.45) is 3.59. The summed E-state index contributed by atoms with van der Waals surface area (Å²) in [5.74, 6) is -2.04. The van der Waals surface area contributed by atoms with Gasteiger partial charge in [0.05, 0.1) is 0 Å². The average Bonchev–Trinajstić information content (AvgIpc) is 3.25. The van der Waals surface area contributed by atoms with Gasteiger partial charge in [-0.05, 0) is 56.3 Å². The van der Waals surface area contributed by atoms with Gasteiger partial charge >= 0.3 is 0 Å². The maximum atomic E-state index is 15.1. The summed E-state index contributed by atoms with van der Waals surface area (Å²) in [4.78, 5) is 24.5. The molecule has 35 heavy (non-hydrogen) atoms. The van der Waals surface area contributed by atoms with Gasteiger partial charge in [-0.3, -0.25) is 4.79 Å². The Kier molecular flexibility index (Phi) is 6.17. The molecule has 0 unspecified atom stereocenters. The maximum Gasteiger partial charge on any atom is 0.261 e. The number of carbonyl (C=O) groups excluding carboxylic acids is 1. The van der Waals surface area contributed by atoms with Gasteiger partial charge in [0.1, 0.15) is 6.33 Å². The molecule has 0 spiro atoms. The minimum absolute atomic E-state index is 0.0324. The van der Waals surface area contributed by atoms with Crippen LogP contribution >= 0.6 is 0 Å². The van der Waals surface area contributed by atoms with E-state index in [-0.39, 0.29) is 23.4 Å². The molecule has 1 aliphatic heterocycles. The van der Waals surface area contributed by atoms with Gasteiger partial charge in [0, 0.05) is 43.0 Å². The third kappa shape index (κ3) is 4.72. The fourth-order valence-corrected chi connectivity index (χ4v) is 4.24. The monoisotopic (exact) mass is 477 g/mol. The lowest BCUT2D eigenvalue weighted by Crippen LogP contribution is -2.47. The molecule has 1 aliphatic carbocycles. The van der Waals surface area contributed by atoms with Crippen LogP contribution < -0.4 is 10.1 Å². The number of rotatable bonds is 5. The van der Waals surface area contributed by atoms with E-state index in [0.29, 0.717) is 36.3 Å². The first kappa shape index (κ1) is 22.9. The van der Waals surface area contributed by atoms with Gasteiger partial charge < -0.3 is 19.9 Å². The van der Waals surface area contributed by atoms with Gasteiger partial charge in [-0.25, -0.2) is 9.37 Å². The number of benzene rings is 2. The molecule has 2 aliphatic rings. The molecule has 0 bridgehead atoms. The number of likely N-dealkylation sites (N-methyl/N-ethyl adjacent to an activating group) is 1. The molecular weight excluding hydrogens is 452 g/mol. The Morgan fingerprint density at radius 2 is 1.74 bits per heavy atom. The van der Waals surface area contributed by atoms with Crippen LogP contribution in [0.15, 0.2) is 48.3 Å².